The van der Waals surface area contributed by atoms with Gasteiger partial charge < -0.3 is 4.42 Å². The van der Waals surface area contributed by atoms with Crippen molar-refractivity contribution < 1.29 is 9.21 Å². The lowest BCUT2D eigenvalue weighted by Gasteiger charge is -2.02. The van der Waals surface area contributed by atoms with Gasteiger partial charge in [0, 0.05) is 17.4 Å². The largest absolute Gasteiger partial charge is 0.416 e. The standard InChI is InChI=1S/C11H10N2O2S/c1-7-5-9(6-14)3-4-10(7)16-11-13-12-8(2)15-11/h3-6H,1-2H3. The molecule has 0 bridgehead atoms. The number of hydrogen-bond donors (Lipinski definition) is 0. The summed E-state index contributed by atoms with van der Waals surface area (Å²) in [4.78, 5) is 11.6. The van der Waals surface area contributed by atoms with Gasteiger partial charge in [0.05, 0.1) is 0 Å². The molecule has 0 aliphatic heterocycles. The van der Waals surface area contributed by atoms with E-state index in [1.165, 1.54) is 11.8 Å². The van der Waals surface area contributed by atoms with Crippen molar-refractivity contribution in [2.45, 2.75) is 24.0 Å². The Morgan fingerprint density at radius 2 is 2.12 bits per heavy atom. The third-order valence-corrected chi connectivity index (χ3v) is 3.06. The number of nitrogens with zero attached hydrogens (tertiary/aromatic N) is 2. The van der Waals surface area contributed by atoms with Gasteiger partial charge in [-0.15, -0.1) is 10.2 Å². The summed E-state index contributed by atoms with van der Waals surface area (Å²) in [6.07, 6.45) is 0.832. The monoisotopic (exact) mass is 234 g/mol. The van der Waals surface area contributed by atoms with Gasteiger partial charge in [0.25, 0.3) is 5.22 Å². The number of aromatic nitrogens is 2. The molecule has 0 radical (unpaired) electrons. The summed E-state index contributed by atoms with van der Waals surface area (Å²) in [5.74, 6) is 0.546. The highest BCUT2D eigenvalue weighted by molar-refractivity contribution is 7.99. The first kappa shape index (κ1) is 10.9. The lowest BCUT2D eigenvalue weighted by atomic mass is 10.2. The molecule has 2 aromatic rings. The van der Waals surface area contributed by atoms with Crippen LogP contribution in [-0.2, 0) is 0 Å². The SMILES string of the molecule is Cc1nnc(Sc2ccc(C=O)cc2C)o1. The molecule has 0 saturated carbocycles. The van der Waals surface area contributed by atoms with Crippen molar-refractivity contribution >= 4 is 18.0 Å². The Hall–Kier alpha value is -1.62. The fourth-order valence-electron chi connectivity index (χ4n) is 1.27. The van der Waals surface area contributed by atoms with E-state index in [9.17, 15) is 4.79 Å². The fourth-order valence-corrected chi connectivity index (χ4v) is 2.06. The van der Waals surface area contributed by atoms with Crippen molar-refractivity contribution in [1.29, 1.82) is 0 Å². The van der Waals surface area contributed by atoms with E-state index in [2.05, 4.69) is 10.2 Å². The first-order valence-electron chi connectivity index (χ1n) is 4.73. The van der Waals surface area contributed by atoms with Crippen LogP contribution in [0, 0.1) is 13.8 Å². The predicted molar refractivity (Wildman–Crippen MR) is 59.7 cm³/mol. The molecule has 5 heteroatoms. The Kier molecular flexibility index (Phi) is 3.05. The van der Waals surface area contributed by atoms with E-state index in [-0.39, 0.29) is 0 Å². The number of hydrogen-bond acceptors (Lipinski definition) is 5. The predicted octanol–water partition coefficient (Wildman–Crippen LogP) is 2.65. The van der Waals surface area contributed by atoms with Gasteiger partial charge in [-0.05, 0) is 36.4 Å². The third kappa shape index (κ3) is 2.30. The van der Waals surface area contributed by atoms with Crippen LogP contribution in [0.1, 0.15) is 21.8 Å². The summed E-state index contributed by atoms with van der Waals surface area (Å²) >= 11 is 1.40. The molecular formula is C11H10N2O2S. The maximum absolute atomic E-state index is 10.6. The number of rotatable bonds is 3. The van der Waals surface area contributed by atoms with Gasteiger partial charge in [-0.3, -0.25) is 4.79 Å². The van der Waals surface area contributed by atoms with Crippen LogP contribution in [0.4, 0.5) is 0 Å². The van der Waals surface area contributed by atoms with Crippen molar-refractivity contribution in [2.24, 2.45) is 0 Å². The zero-order valence-electron chi connectivity index (χ0n) is 8.93. The average molecular weight is 234 g/mol. The summed E-state index contributed by atoms with van der Waals surface area (Å²) in [6.45, 7) is 3.69. The third-order valence-electron chi connectivity index (χ3n) is 2.04. The number of aldehydes is 1. The minimum Gasteiger partial charge on any atom is -0.416 e. The van der Waals surface area contributed by atoms with Crippen molar-refractivity contribution in [2.75, 3.05) is 0 Å². The van der Waals surface area contributed by atoms with Crippen LogP contribution in [0.3, 0.4) is 0 Å². The summed E-state index contributed by atoms with van der Waals surface area (Å²) in [6, 6.07) is 5.48. The quantitative estimate of drug-likeness (QED) is 0.764. The van der Waals surface area contributed by atoms with E-state index in [0.717, 1.165) is 16.7 Å². The molecular weight excluding hydrogens is 224 g/mol. The lowest BCUT2D eigenvalue weighted by molar-refractivity contribution is 0.112. The van der Waals surface area contributed by atoms with E-state index in [4.69, 9.17) is 4.42 Å². The summed E-state index contributed by atoms with van der Waals surface area (Å²) in [7, 11) is 0. The van der Waals surface area contributed by atoms with Gasteiger partial charge in [0.15, 0.2) is 0 Å². The normalized spacial score (nSPS) is 10.4. The molecule has 0 saturated heterocycles. The van der Waals surface area contributed by atoms with Gasteiger partial charge >= 0.3 is 0 Å². The highest BCUT2D eigenvalue weighted by Gasteiger charge is 2.07. The molecule has 0 fully saturated rings. The molecule has 1 aromatic carbocycles. The van der Waals surface area contributed by atoms with Crippen LogP contribution in [0.5, 0.6) is 0 Å². The lowest BCUT2D eigenvalue weighted by Crippen LogP contribution is -1.85. The van der Waals surface area contributed by atoms with E-state index < -0.39 is 0 Å². The number of carbonyl (C=O) groups excluding carboxylic acids is 1. The van der Waals surface area contributed by atoms with E-state index in [1.54, 1.807) is 13.0 Å². The molecule has 4 nitrogen and oxygen atoms in total. The summed E-state index contributed by atoms with van der Waals surface area (Å²) in [5, 5.41) is 8.17. The fraction of sp³-hybridized carbons (Fsp3) is 0.182. The van der Waals surface area contributed by atoms with E-state index in [1.807, 2.05) is 19.1 Å². The maximum atomic E-state index is 10.6. The second kappa shape index (κ2) is 4.49. The minimum absolute atomic E-state index is 0.513. The number of aryl methyl sites for hydroxylation is 2. The van der Waals surface area contributed by atoms with Gasteiger partial charge in [-0.1, -0.05) is 6.07 Å². The highest BCUT2D eigenvalue weighted by Crippen LogP contribution is 2.29. The average Bonchev–Trinajstić information content (AvgIpc) is 2.67. The number of carbonyl (C=O) groups is 1. The van der Waals surface area contributed by atoms with E-state index >= 15 is 0 Å². The van der Waals surface area contributed by atoms with Gasteiger partial charge in [0.2, 0.25) is 5.89 Å². The second-order valence-corrected chi connectivity index (χ2v) is 4.33. The first-order valence-corrected chi connectivity index (χ1v) is 5.54. The molecule has 0 unspecified atom stereocenters. The molecule has 1 heterocycles. The molecule has 82 valence electrons. The van der Waals surface area contributed by atoms with Crippen LogP contribution in [0.25, 0.3) is 0 Å². The Morgan fingerprint density at radius 1 is 1.31 bits per heavy atom. The van der Waals surface area contributed by atoms with E-state index in [0.29, 0.717) is 16.7 Å². The zero-order chi connectivity index (χ0) is 11.5. The topological polar surface area (TPSA) is 56.0 Å². The second-order valence-electron chi connectivity index (χ2n) is 3.33. The Morgan fingerprint density at radius 3 is 2.69 bits per heavy atom. The Balaban J connectivity index is 2.25. The number of benzene rings is 1. The van der Waals surface area contributed by atoms with Crippen LogP contribution in [-0.4, -0.2) is 16.5 Å². The van der Waals surface area contributed by atoms with Gasteiger partial charge in [-0.2, -0.15) is 0 Å². The molecule has 0 N–H and O–H groups in total. The Bertz CT molecular complexity index is 522. The molecule has 0 atom stereocenters. The van der Waals surface area contributed by atoms with Crippen LogP contribution >= 0.6 is 11.8 Å². The van der Waals surface area contributed by atoms with Crippen LogP contribution in [0.15, 0.2) is 32.7 Å². The molecule has 1 aromatic heterocycles. The van der Waals surface area contributed by atoms with Crippen LogP contribution in [0.2, 0.25) is 0 Å². The molecule has 0 aliphatic carbocycles. The van der Waals surface area contributed by atoms with Crippen molar-refractivity contribution in [3.05, 3.63) is 35.2 Å². The van der Waals surface area contributed by atoms with Crippen molar-refractivity contribution in [1.82, 2.24) is 10.2 Å². The molecule has 16 heavy (non-hydrogen) atoms. The highest BCUT2D eigenvalue weighted by atomic mass is 32.2. The zero-order valence-corrected chi connectivity index (χ0v) is 9.75. The van der Waals surface area contributed by atoms with Gasteiger partial charge in [0.1, 0.15) is 6.29 Å². The van der Waals surface area contributed by atoms with Crippen molar-refractivity contribution in [3.63, 3.8) is 0 Å². The van der Waals surface area contributed by atoms with Crippen molar-refractivity contribution in [3.8, 4) is 0 Å². The summed E-state index contributed by atoms with van der Waals surface area (Å²) in [5.41, 5.74) is 1.69. The Labute approximate surface area is 97.1 Å². The summed E-state index contributed by atoms with van der Waals surface area (Å²) < 4.78 is 5.27. The minimum atomic E-state index is 0.513. The molecule has 2 rings (SSSR count). The molecule has 0 aliphatic rings. The maximum Gasteiger partial charge on any atom is 0.281 e. The first-order chi connectivity index (χ1) is 7.69. The molecule has 0 amide bonds. The van der Waals surface area contributed by atoms with Gasteiger partial charge in [-0.25, -0.2) is 0 Å². The smallest absolute Gasteiger partial charge is 0.281 e. The van der Waals surface area contributed by atoms with Crippen LogP contribution < -0.4 is 0 Å². The molecule has 0 spiro atoms.